The summed E-state index contributed by atoms with van der Waals surface area (Å²) in [7, 11) is -4.48. The molecule has 0 unspecified atom stereocenters. The van der Waals surface area contributed by atoms with Gasteiger partial charge in [-0.15, -0.1) is 0 Å². The zero-order valence-electron chi connectivity index (χ0n) is 5.56. The van der Waals surface area contributed by atoms with E-state index < -0.39 is 20.5 Å². The number of carbonyl (C=O) groups excluding carboxylic acids is 1. The molecule has 0 aliphatic carbocycles. The largest absolute Gasteiger partial charge is 0.471 e. The Morgan fingerprint density at radius 1 is 1.73 bits per heavy atom. The summed E-state index contributed by atoms with van der Waals surface area (Å²) in [6.45, 7) is 2.58. The molecule has 7 heteroatoms. The van der Waals surface area contributed by atoms with Gasteiger partial charge in [-0.05, 0) is 6.08 Å². The SMILES string of the molecule is C=CC(=O)NCOP(=O)(O)O. The van der Waals surface area contributed by atoms with Crippen molar-refractivity contribution in [1.82, 2.24) is 5.32 Å². The van der Waals surface area contributed by atoms with E-state index in [2.05, 4.69) is 11.1 Å². The van der Waals surface area contributed by atoms with Crippen LogP contribution >= 0.6 is 7.82 Å². The summed E-state index contributed by atoms with van der Waals surface area (Å²) in [5.41, 5.74) is 0. The molecule has 0 aromatic rings. The minimum atomic E-state index is -4.48. The monoisotopic (exact) mass is 181 g/mol. The van der Waals surface area contributed by atoms with Crippen LogP contribution in [0.2, 0.25) is 0 Å². The van der Waals surface area contributed by atoms with E-state index in [4.69, 9.17) is 9.79 Å². The minimum absolute atomic E-state index is 0.533. The van der Waals surface area contributed by atoms with Crippen molar-refractivity contribution in [3.05, 3.63) is 12.7 Å². The van der Waals surface area contributed by atoms with Gasteiger partial charge >= 0.3 is 7.82 Å². The molecule has 1 amide bonds. The first-order valence-corrected chi connectivity index (χ1v) is 4.09. The topological polar surface area (TPSA) is 95.9 Å². The van der Waals surface area contributed by atoms with Crippen LogP contribution in [0.4, 0.5) is 0 Å². The summed E-state index contributed by atoms with van der Waals surface area (Å²) in [4.78, 5) is 26.6. The van der Waals surface area contributed by atoms with E-state index in [1.54, 1.807) is 0 Å². The average Bonchev–Trinajstić information content (AvgIpc) is 1.85. The Balaban J connectivity index is 3.51. The van der Waals surface area contributed by atoms with Crippen LogP contribution in [0.5, 0.6) is 0 Å². The second-order valence-corrected chi connectivity index (χ2v) is 2.75. The third kappa shape index (κ3) is 7.21. The lowest BCUT2D eigenvalue weighted by atomic mass is 10.6. The number of phosphoric acid groups is 1. The average molecular weight is 181 g/mol. The maximum atomic E-state index is 10.3. The number of phosphoric ester groups is 1. The van der Waals surface area contributed by atoms with Gasteiger partial charge in [0.15, 0.2) is 0 Å². The molecular weight excluding hydrogens is 173 g/mol. The lowest BCUT2D eigenvalue weighted by Crippen LogP contribution is -2.23. The highest BCUT2D eigenvalue weighted by Crippen LogP contribution is 2.34. The maximum Gasteiger partial charge on any atom is 0.471 e. The molecule has 0 saturated carbocycles. The number of nitrogens with one attached hydrogen (secondary N) is 1. The lowest BCUT2D eigenvalue weighted by Gasteiger charge is -2.04. The first-order valence-electron chi connectivity index (χ1n) is 2.56. The quantitative estimate of drug-likeness (QED) is 0.304. The van der Waals surface area contributed by atoms with Crippen molar-refractivity contribution in [2.75, 3.05) is 6.73 Å². The summed E-state index contributed by atoms with van der Waals surface area (Å²) < 4.78 is 13.9. The highest BCUT2D eigenvalue weighted by Gasteiger charge is 2.12. The molecule has 11 heavy (non-hydrogen) atoms. The molecule has 0 aromatic carbocycles. The number of rotatable bonds is 4. The number of hydrogen-bond acceptors (Lipinski definition) is 3. The van der Waals surface area contributed by atoms with E-state index in [9.17, 15) is 9.36 Å². The Hall–Kier alpha value is -0.680. The summed E-state index contributed by atoms with van der Waals surface area (Å²) >= 11 is 0. The van der Waals surface area contributed by atoms with Gasteiger partial charge in [0, 0.05) is 0 Å². The van der Waals surface area contributed by atoms with Crippen molar-refractivity contribution in [1.29, 1.82) is 0 Å². The Bertz CT molecular complexity index is 197. The molecule has 0 aromatic heterocycles. The minimum Gasteiger partial charge on any atom is -0.329 e. The fraction of sp³-hybridized carbons (Fsp3) is 0.250. The van der Waals surface area contributed by atoms with Crippen LogP contribution in [-0.4, -0.2) is 22.4 Å². The Kier molecular flexibility index (Phi) is 3.99. The van der Waals surface area contributed by atoms with E-state index >= 15 is 0 Å². The Labute approximate surface area is 63.1 Å². The Morgan fingerprint density at radius 3 is 2.64 bits per heavy atom. The molecule has 6 nitrogen and oxygen atoms in total. The predicted molar refractivity (Wildman–Crippen MR) is 36.3 cm³/mol. The van der Waals surface area contributed by atoms with Gasteiger partial charge in [0.05, 0.1) is 0 Å². The molecule has 3 N–H and O–H groups in total. The van der Waals surface area contributed by atoms with Crippen LogP contribution in [0, 0.1) is 0 Å². The lowest BCUT2D eigenvalue weighted by molar-refractivity contribution is -0.117. The molecule has 0 aliphatic heterocycles. The fourth-order valence-electron chi connectivity index (χ4n) is 0.260. The van der Waals surface area contributed by atoms with Gasteiger partial charge in [0.25, 0.3) is 0 Å². The maximum absolute atomic E-state index is 10.3. The van der Waals surface area contributed by atoms with E-state index in [0.717, 1.165) is 6.08 Å². The van der Waals surface area contributed by atoms with Crippen molar-refractivity contribution in [2.45, 2.75) is 0 Å². The van der Waals surface area contributed by atoms with Crippen molar-refractivity contribution in [3.8, 4) is 0 Å². The van der Waals surface area contributed by atoms with Gasteiger partial charge in [-0.25, -0.2) is 4.57 Å². The van der Waals surface area contributed by atoms with Crippen LogP contribution < -0.4 is 5.32 Å². The van der Waals surface area contributed by atoms with Gasteiger partial charge in [-0.3, -0.25) is 9.32 Å². The molecule has 64 valence electrons. The molecule has 0 fully saturated rings. The molecular formula is C4H8NO5P. The van der Waals surface area contributed by atoms with Gasteiger partial charge < -0.3 is 15.1 Å². The number of hydrogen-bond donors (Lipinski definition) is 3. The number of amides is 1. The summed E-state index contributed by atoms with van der Waals surface area (Å²) in [5.74, 6) is -0.557. The van der Waals surface area contributed by atoms with Crippen LogP contribution in [0.1, 0.15) is 0 Å². The van der Waals surface area contributed by atoms with Gasteiger partial charge in [-0.2, -0.15) is 0 Å². The summed E-state index contributed by atoms with van der Waals surface area (Å²) in [5, 5.41) is 2.02. The predicted octanol–water partition coefficient (Wildman–Crippen LogP) is -0.645. The van der Waals surface area contributed by atoms with Crippen LogP contribution in [0.3, 0.4) is 0 Å². The summed E-state index contributed by atoms with van der Waals surface area (Å²) in [6, 6.07) is 0. The van der Waals surface area contributed by atoms with E-state index in [1.807, 2.05) is 5.32 Å². The third-order valence-electron chi connectivity index (χ3n) is 0.665. The zero-order valence-corrected chi connectivity index (χ0v) is 6.45. The van der Waals surface area contributed by atoms with Gasteiger partial charge in [0.1, 0.15) is 6.73 Å². The van der Waals surface area contributed by atoms with E-state index in [0.29, 0.717) is 0 Å². The molecule has 0 saturated heterocycles. The summed E-state index contributed by atoms with van der Waals surface area (Å²) in [6.07, 6.45) is 0.961. The molecule has 0 bridgehead atoms. The van der Waals surface area contributed by atoms with E-state index in [1.165, 1.54) is 0 Å². The van der Waals surface area contributed by atoms with Crippen molar-refractivity contribution >= 4 is 13.7 Å². The van der Waals surface area contributed by atoms with Gasteiger partial charge in [0.2, 0.25) is 5.91 Å². The smallest absolute Gasteiger partial charge is 0.329 e. The van der Waals surface area contributed by atoms with E-state index in [-0.39, 0.29) is 0 Å². The van der Waals surface area contributed by atoms with Crippen LogP contribution in [-0.2, 0) is 13.9 Å². The molecule has 0 atom stereocenters. The van der Waals surface area contributed by atoms with Crippen molar-refractivity contribution in [3.63, 3.8) is 0 Å². The first-order chi connectivity index (χ1) is 4.95. The second kappa shape index (κ2) is 4.25. The van der Waals surface area contributed by atoms with Gasteiger partial charge in [-0.1, -0.05) is 6.58 Å². The molecule has 0 radical (unpaired) electrons. The number of carbonyl (C=O) groups is 1. The van der Waals surface area contributed by atoms with Crippen molar-refractivity contribution in [2.24, 2.45) is 0 Å². The molecule has 0 heterocycles. The normalized spacial score (nSPS) is 10.7. The van der Waals surface area contributed by atoms with Crippen LogP contribution in [0.25, 0.3) is 0 Å². The fourth-order valence-corrected chi connectivity index (χ4v) is 0.492. The zero-order chi connectivity index (χ0) is 8.91. The highest BCUT2D eigenvalue weighted by atomic mass is 31.2. The second-order valence-electron chi connectivity index (χ2n) is 1.51. The standard InChI is InChI=1S/C4H8NO5P/c1-2-4(6)5-3-10-11(7,8)9/h2H,1,3H2,(H,5,6)(H2,7,8,9). The Morgan fingerprint density at radius 2 is 2.27 bits per heavy atom. The molecule has 0 aliphatic rings. The molecule has 0 rings (SSSR count). The van der Waals surface area contributed by atoms with Crippen LogP contribution in [0.15, 0.2) is 12.7 Å². The molecule has 0 spiro atoms. The third-order valence-corrected chi connectivity index (χ3v) is 1.13. The highest BCUT2D eigenvalue weighted by molar-refractivity contribution is 7.46. The van der Waals surface area contributed by atoms with Crippen molar-refractivity contribution < 1.29 is 23.7 Å². The first kappa shape index (κ1) is 10.3.